The van der Waals surface area contributed by atoms with E-state index < -0.39 is 17.4 Å². The van der Waals surface area contributed by atoms with Crippen molar-refractivity contribution in [2.45, 2.75) is 6.43 Å². The maximum absolute atomic E-state index is 11.9. The van der Waals surface area contributed by atoms with Crippen LogP contribution >= 0.6 is 11.6 Å². The summed E-state index contributed by atoms with van der Waals surface area (Å²) < 4.78 is 28.2. The molecule has 0 saturated heterocycles. The zero-order valence-corrected chi connectivity index (χ0v) is 5.94. The van der Waals surface area contributed by atoms with Crippen LogP contribution in [0.3, 0.4) is 0 Å². The molecule has 5 heteroatoms. The highest BCUT2D eigenvalue weighted by Crippen LogP contribution is 2.24. The van der Waals surface area contributed by atoms with Crippen molar-refractivity contribution in [3.8, 4) is 0 Å². The van der Waals surface area contributed by atoms with Crippen molar-refractivity contribution >= 4 is 16.8 Å². The molecule has 0 aliphatic heterocycles. The molecular weight excluding hydrogens is 178 g/mol. The second-order valence-corrected chi connectivity index (χ2v) is 2.12. The average molecular weight is 181 g/mol. The van der Waals surface area contributed by atoms with Gasteiger partial charge < -0.3 is 4.42 Å². The summed E-state index contributed by atoms with van der Waals surface area (Å²) in [7, 11) is 0. The molecule has 0 unspecified atom stereocenters. The van der Waals surface area contributed by atoms with Crippen LogP contribution in [0.4, 0.5) is 8.78 Å². The highest BCUT2D eigenvalue weighted by molar-refractivity contribution is 6.67. The molecule has 0 spiro atoms. The largest absolute Gasteiger partial charge is 0.462 e. The van der Waals surface area contributed by atoms with Crippen molar-refractivity contribution in [3.63, 3.8) is 0 Å². The Balaban J connectivity index is 3.06. The molecule has 0 bridgehead atoms. The van der Waals surface area contributed by atoms with E-state index in [1.807, 2.05) is 0 Å². The molecule has 0 fully saturated rings. The van der Waals surface area contributed by atoms with Crippen LogP contribution in [0.5, 0.6) is 0 Å². The minimum Gasteiger partial charge on any atom is -0.462 e. The summed E-state index contributed by atoms with van der Waals surface area (Å²) in [5, 5.41) is -0.936. The first-order valence-corrected chi connectivity index (χ1v) is 3.06. The summed E-state index contributed by atoms with van der Waals surface area (Å²) in [5.41, 5.74) is -0.276. The van der Waals surface area contributed by atoms with Gasteiger partial charge in [-0.25, -0.2) is 8.78 Å². The van der Waals surface area contributed by atoms with Crippen molar-refractivity contribution < 1.29 is 18.0 Å². The number of carbonyl (C=O) groups excluding carboxylic acids is 1. The topological polar surface area (TPSA) is 30.2 Å². The third-order valence-electron chi connectivity index (χ3n) is 1.11. The van der Waals surface area contributed by atoms with Gasteiger partial charge in [0, 0.05) is 0 Å². The summed E-state index contributed by atoms with van der Waals surface area (Å²) in [6, 6.07) is 1.11. The van der Waals surface area contributed by atoms with E-state index in [0.717, 1.165) is 12.3 Å². The Morgan fingerprint density at radius 2 is 2.27 bits per heavy atom. The van der Waals surface area contributed by atoms with Gasteiger partial charge in [-0.3, -0.25) is 4.79 Å². The molecule has 1 aromatic heterocycles. The minimum atomic E-state index is -2.80. The van der Waals surface area contributed by atoms with Gasteiger partial charge >= 0.3 is 0 Å². The Hall–Kier alpha value is -0.900. The molecule has 0 radical (unpaired) electrons. The zero-order valence-electron chi connectivity index (χ0n) is 5.18. The summed E-state index contributed by atoms with van der Waals surface area (Å²) in [4.78, 5) is 10.4. The molecule has 60 valence electrons. The number of alkyl halides is 2. The van der Waals surface area contributed by atoms with Crippen LogP contribution in [-0.2, 0) is 0 Å². The molecule has 11 heavy (non-hydrogen) atoms. The fourth-order valence-electron chi connectivity index (χ4n) is 0.652. The third-order valence-corrected chi connectivity index (χ3v) is 1.31. The smallest absolute Gasteiger partial charge is 0.296 e. The zero-order chi connectivity index (χ0) is 8.43. The van der Waals surface area contributed by atoms with E-state index in [-0.39, 0.29) is 5.56 Å². The van der Waals surface area contributed by atoms with Crippen LogP contribution in [0, 0.1) is 0 Å². The molecule has 1 heterocycles. The lowest BCUT2D eigenvalue weighted by Gasteiger charge is -1.93. The second-order valence-electron chi connectivity index (χ2n) is 1.77. The van der Waals surface area contributed by atoms with Gasteiger partial charge in [0.05, 0.1) is 11.8 Å². The van der Waals surface area contributed by atoms with Gasteiger partial charge in [0.15, 0.2) is 5.76 Å². The number of halogens is 3. The van der Waals surface area contributed by atoms with Crippen LogP contribution in [0.1, 0.15) is 22.5 Å². The molecule has 1 aromatic rings. The molecular formula is C6H3ClF2O2. The maximum Gasteiger partial charge on any atom is 0.296 e. The van der Waals surface area contributed by atoms with Gasteiger partial charge in [0.2, 0.25) is 0 Å². The molecule has 0 aliphatic carbocycles. The van der Waals surface area contributed by atoms with E-state index >= 15 is 0 Å². The first-order valence-electron chi connectivity index (χ1n) is 2.68. The van der Waals surface area contributed by atoms with Crippen LogP contribution in [0.2, 0.25) is 0 Å². The van der Waals surface area contributed by atoms with Gasteiger partial charge in [0.25, 0.3) is 11.7 Å². The minimum absolute atomic E-state index is 0.276. The van der Waals surface area contributed by atoms with E-state index in [1.54, 1.807) is 0 Å². The van der Waals surface area contributed by atoms with E-state index in [0.29, 0.717) is 0 Å². The molecule has 0 aromatic carbocycles. The predicted molar refractivity (Wildman–Crippen MR) is 33.8 cm³/mol. The molecule has 2 nitrogen and oxygen atoms in total. The number of carbonyl (C=O) groups is 1. The van der Waals surface area contributed by atoms with Crippen molar-refractivity contribution in [2.24, 2.45) is 0 Å². The van der Waals surface area contributed by atoms with Crippen molar-refractivity contribution in [1.82, 2.24) is 0 Å². The normalized spacial score (nSPS) is 10.5. The third kappa shape index (κ3) is 1.57. The van der Waals surface area contributed by atoms with Gasteiger partial charge in [-0.05, 0) is 17.7 Å². The van der Waals surface area contributed by atoms with Crippen molar-refractivity contribution in [3.05, 3.63) is 23.7 Å². The maximum atomic E-state index is 11.9. The monoisotopic (exact) mass is 180 g/mol. The predicted octanol–water partition coefficient (Wildman–Crippen LogP) is 2.60. The second kappa shape index (κ2) is 3.00. The Morgan fingerprint density at radius 1 is 1.64 bits per heavy atom. The van der Waals surface area contributed by atoms with Crippen molar-refractivity contribution in [1.29, 1.82) is 0 Å². The van der Waals surface area contributed by atoms with Crippen molar-refractivity contribution in [2.75, 3.05) is 0 Å². The molecule has 1 rings (SSSR count). The van der Waals surface area contributed by atoms with Gasteiger partial charge in [-0.2, -0.15) is 0 Å². The summed E-state index contributed by atoms with van der Waals surface area (Å²) >= 11 is 4.96. The molecule has 0 aliphatic rings. The number of hydrogen-bond donors (Lipinski definition) is 0. The van der Waals surface area contributed by atoms with Crippen LogP contribution in [0.15, 0.2) is 16.7 Å². The van der Waals surface area contributed by atoms with E-state index in [4.69, 9.17) is 11.6 Å². The van der Waals surface area contributed by atoms with Gasteiger partial charge in [0.1, 0.15) is 0 Å². The summed E-state index contributed by atoms with van der Waals surface area (Å²) in [5.74, 6) is -0.676. The van der Waals surface area contributed by atoms with Crippen LogP contribution < -0.4 is 0 Å². The van der Waals surface area contributed by atoms with Gasteiger partial charge in [-0.1, -0.05) is 0 Å². The summed E-state index contributed by atoms with van der Waals surface area (Å²) in [6.07, 6.45) is -1.81. The molecule has 0 N–H and O–H groups in total. The van der Waals surface area contributed by atoms with E-state index in [1.165, 1.54) is 0 Å². The van der Waals surface area contributed by atoms with E-state index in [9.17, 15) is 13.6 Å². The Labute approximate surface area is 65.8 Å². The molecule has 0 amide bonds. The highest BCUT2D eigenvalue weighted by atomic mass is 35.5. The fourth-order valence-corrected chi connectivity index (χ4v) is 0.808. The lowest BCUT2D eigenvalue weighted by molar-refractivity contribution is 0.103. The lowest BCUT2D eigenvalue weighted by atomic mass is 10.3. The number of hydrogen-bond acceptors (Lipinski definition) is 2. The molecule has 0 saturated carbocycles. The van der Waals surface area contributed by atoms with Crippen LogP contribution in [-0.4, -0.2) is 5.24 Å². The summed E-state index contributed by atoms with van der Waals surface area (Å²) in [6.45, 7) is 0. The standard InChI is InChI=1S/C6H3ClF2O2/c7-5(10)3-1-2-11-4(3)6(8)9/h1-2,6H. The molecule has 0 atom stereocenters. The number of furan rings is 1. The quantitative estimate of drug-likeness (QED) is 0.655. The number of rotatable bonds is 2. The van der Waals surface area contributed by atoms with Gasteiger partial charge in [-0.15, -0.1) is 0 Å². The first kappa shape index (κ1) is 8.20. The van der Waals surface area contributed by atoms with Crippen LogP contribution in [0.25, 0.3) is 0 Å². The van der Waals surface area contributed by atoms with E-state index in [2.05, 4.69) is 4.42 Å². The Morgan fingerprint density at radius 3 is 2.64 bits per heavy atom. The fraction of sp³-hybridized carbons (Fsp3) is 0.167. The Bertz CT molecular complexity index is 269. The first-order chi connectivity index (χ1) is 5.13. The highest BCUT2D eigenvalue weighted by Gasteiger charge is 2.20. The lowest BCUT2D eigenvalue weighted by Crippen LogP contribution is -1.92. The average Bonchev–Trinajstić information content (AvgIpc) is 2.32. The SMILES string of the molecule is O=C(Cl)c1ccoc1C(F)F. The Kier molecular flexibility index (Phi) is 2.24.